The summed E-state index contributed by atoms with van der Waals surface area (Å²) in [6.07, 6.45) is 3.80. The molecule has 1 saturated carbocycles. The molecule has 0 spiro atoms. The number of nitrogens with zero attached hydrogens (tertiary/aromatic N) is 2. The largest absolute Gasteiger partial charge is 0.351 e. The molecule has 2 N–H and O–H groups in total. The molecule has 8 nitrogen and oxygen atoms in total. The van der Waals surface area contributed by atoms with Crippen molar-refractivity contribution in [1.82, 2.24) is 20.6 Å². The maximum absolute atomic E-state index is 12.8. The maximum Gasteiger partial charge on any atom is 0.346 e. The van der Waals surface area contributed by atoms with E-state index in [-0.39, 0.29) is 30.1 Å². The lowest BCUT2D eigenvalue weighted by atomic mass is 9.92. The molecule has 0 aromatic carbocycles. The van der Waals surface area contributed by atoms with Crippen LogP contribution in [0.2, 0.25) is 0 Å². The monoisotopic (exact) mass is 356 g/mol. The smallest absolute Gasteiger partial charge is 0.346 e. The first-order valence-corrected chi connectivity index (χ1v) is 9.34. The van der Waals surface area contributed by atoms with E-state index in [1.807, 2.05) is 0 Å². The van der Waals surface area contributed by atoms with Crippen molar-refractivity contribution in [1.29, 1.82) is 0 Å². The number of amides is 3. The Hall–Kier alpha value is -1.03. The van der Waals surface area contributed by atoms with E-state index >= 15 is 0 Å². The van der Waals surface area contributed by atoms with E-state index in [0.29, 0.717) is 24.8 Å². The highest BCUT2D eigenvalue weighted by molar-refractivity contribution is 7.89. The van der Waals surface area contributed by atoms with E-state index in [1.165, 1.54) is 25.0 Å². The van der Waals surface area contributed by atoms with Gasteiger partial charge >= 0.3 is 6.03 Å². The van der Waals surface area contributed by atoms with Gasteiger partial charge in [0, 0.05) is 12.6 Å². The van der Waals surface area contributed by atoms with Crippen LogP contribution in [-0.2, 0) is 13.3 Å². The Balaban J connectivity index is 1.40. The molecule has 0 aromatic heterocycles. The van der Waals surface area contributed by atoms with Gasteiger partial charge in [0.25, 0.3) is 0 Å². The van der Waals surface area contributed by atoms with E-state index in [0.717, 1.165) is 31.8 Å². The third kappa shape index (κ3) is 2.77. The van der Waals surface area contributed by atoms with E-state index in [2.05, 4.69) is 10.6 Å². The van der Waals surface area contributed by atoms with Crippen LogP contribution in [0.1, 0.15) is 25.7 Å². The number of nitrogens with one attached hydrogen (secondary N) is 2. The summed E-state index contributed by atoms with van der Waals surface area (Å²) in [4.78, 5) is 27.0. The second-order valence-electron chi connectivity index (χ2n) is 7.11. The quantitative estimate of drug-likeness (QED) is 0.699. The van der Waals surface area contributed by atoms with Crippen molar-refractivity contribution < 1.29 is 18.1 Å². The van der Waals surface area contributed by atoms with Crippen LogP contribution in [-0.4, -0.2) is 66.8 Å². The molecule has 0 radical (unpaired) electrons. The molecule has 2 unspecified atom stereocenters. The second-order valence-corrected chi connectivity index (χ2v) is 7.73. The number of piperidine rings is 2. The molecular weight excluding hydrogens is 332 g/mol. The van der Waals surface area contributed by atoms with Gasteiger partial charge in [-0.1, -0.05) is 0 Å². The number of hydroxylamine groups is 2. The highest BCUT2D eigenvalue weighted by atomic mass is 32.2. The van der Waals surface area contributed by atoms with Crippen LogP contribution in [0.15, 0.2) is 0 Å². The van der Waals surface area contributed by atoms with E-state index in [4.69, 9.17) is 8.47 Å². The Kier molecular flexibility index (Phi) is 4.59. The molecular formula is C15H24N4O4S. The molecule has 4 bridgehead atoms. The summed E-state index contributed by atoms with van der Waals surface area (Å²) < 4.78 is 10.1. The first-order chi connectivity index (χ1) is 11.7. The number of urea groups is 1. The summed E-state index contributed by atoms with van der Waals surface area (Å²) in [5.41, 5.74) is 0. The Bertz CT molecular complexity index is 506. The van der Waals surface area contributed by atoms with Crippen LogP contribution in [0.4, 0.5) is 4.79 Å². The summed E-state index contributed by atoms with van der Waals surface area (Å²) in [5.74, 6) is 1.04. The fourth-order valence-electron chi connectivity index (χ4n) is 4.65. The first-order valence-electron chi connectivity index (χ1n) is 8.67. The van der Waals surface area contributed by atoms with E-state index in [9.17, 15) is 9.59 Å². The number of hydrogen-bond acceptors (Lipinski definition) is 6. The number of fused-ring (bicyclic) bond motifs is 4. The third-order valence-corrected chi connectivity index (χ3v) is 6.21. The van der Waals surface area contributed by atoms with Gasteiger partial charge in [0.15, 0.2) is 12.3 Å². The predicted molar refractivity (Wildman–Crippen MR) is 87.5 cm³/mol. The molecule has 24 heavy (non-hydrogen) atoms. The average molecular weight is 356 g/mol. The Labute approximate surface area is 145 Å². The molecule has 4 rings (SSSR count). The Morgan fingerprint density at radius 3 is 2.71 bits per heavy atom. The van der Waals surface area contributed by atoms with Gasteiger partial charge in [0.1, 0.15) is 6.04 Å². The molecule has 4 aliphatic rings. The van der Waals surface area contributed by atoms with Crippen LogP contribution in [0.3, 0.4) is 0 Å². The summed E-state index contributed by atoms with van der Waals surface area (Å²) >= 11 is 0.776. The van der Waals surface area contributed by atoms with Crippen molar-refractivity contribution in [3.05, 3.63) is 0 Å². The predicted octanol–water partition coefficient (Wildman–Crippen LogP) is 0.510. The summed E-state index contributed by atoms with van der Waals surface area (Å²) in [5, 5.41) is 8.03. The molecule has 3 heterocycles. The van der Waals surface area contributed by atoms with Crippen LogP contribution >= 0.6 is 12.3 Å². The molecule has 0 aromatic rings. The van der Waals surface area contributed by atoms with Crippen LogP contribution < -0.4 is 10.6 Å². The van der Waals surface area contributed by atoms with Gasteiger partial charge in [0.2, 0.25) is 5.91 Å². The minimum Gasteiger partial charge on any atom is -0.351 e. The lowest BCUT2D eigenvalue weighted by molar-refractivity contribution is -0.127. The fourth-order valence-corrected chi connectivity index (χ4v) is 4.96. The minimum absolute atomic E-state index is 0.000684. The standard InChI is InChI=1S/C15H24N4O4S/c1-22-24-23-19-11-4-5-12(18(8-11)15(19)21)14(20)17-13-9-2-3-10(13)7-16-6-9/h9-13,16H,2-8H2,1H3,(H,17,20)/t9?,10?,11-,12+,13?/m1/s1. The summed E-state index contributed by atoms with van der Waals surface area (Å²) in [6, 6.07) is -0.371. The SMILES string of the molecule is COSON1C(=O)N2C[C@H]1CC[C@H]2C(=O)NC1C2CCC1CNC2. The number of carbonyl (C=O) groups is 2. The average Bonchev–Trinajstić information content (AvgIpc) is 2.94. The molecule has 9 heteroatoms. The first kappa shape index (κ1) is 16.4. The van der Waals surface area contributed by atoms with E-state index < -0.39 is 0 Å². The van der Waals surface area contributed by atoms with Crippen LogP contribution in [0, 0.1) is 11.8 Å². The zero-order chi connectivity index (χ0) is 16.7. The van der Waals surface area contributed by atoms with Crippen molar-refractivity contribution in [2.24, 2.45) is 11.8 Å². The third-order valence-electron chi connectivity index (χ3n) is 5.85. The second kappa shape index (κ2) is 6.70. The van der Waals surface area contributed by atoms with Crippen LogP contribution in [0.5, 0.6) is 0 Å². The molecule has 4 fully saturated rings. The zero-order valence-electron chi connectivity index (χ0n) is 13.8. The Morgan fingerprint density at radius 1 is 1.25 bits per heavy atom. The molecule has 3 saturated heterocycles. The van der Waals surface area contributed by atoms with Gasteiger partial charge in [-0.2, -0.15) is 9.35 Å². The number of carbonyl (C=O) groups excluding carboxylic acids is 2. The molecule has 4 atom stereocenters. The summed E-state index contributed by atoms with van der Waals surface area (Å²) in [7, 11) is 1.49. The number of rotatable bonds is 5. The zero-order valence-corrected chi connectivity index (χ0v) is 14.6. The fraction of sp³-hybridized carbons (Fsp3) is 0.867. The lowest BCUT2D eigenvalue weighted by Gasteiger charge is -2.35. The van der Waals surface area contributed by atoms with Crippen molar-refractivity contribution in [2.45, 2.75) is 43.8 Å². The highest BCUT2D eigenvalue weighted by Gasteiger charge is 2.49. The minimum atomic E-state index is -0.385. The maximum atomic E-state index is 12.8. The molecule has 3 aliphatic heterocycles. The highest BCUT2D eigenvalue weighted by Crippen LogP contribution is 2.35. The van der Waals surface area contributed by atoms with Crippen molar-refractivity contribution in [3.63, 3.8) is 0 Å². The molecule has 134 valence electrons. The van der Waals surface area contributed by atoms with Crippen LogP contribution in [0.25, 0.3) is 0 Å². The van der Waals surface area contributed by atoms with E-state index in [1.54, 1.807) is 4.90 Å². The van der Waals surface area contributed by atoms with Crippen molar-refractivity contribution >= 4 is 24.3 Å². The Morgan fingerprint density at radius 2 is 2.00 bits per heavy atom. The van der Waals surface area contributed by atoms with Crippen molar-refractivity contribution in [2.75, 3.05) is 26.7 Å². The van der Waals surface area contributed by atoms with Gasteiger partial charge in [-0.15, -0.1) is 0 Å². The van der Waals surface area contributed by atoms with Gasteiger partial charge < -0.3 is 15.5 Å². The lowest BCUT2D eigenvalue weighted by Crippen LogP contribution is -2.57. The molecule has 1 aliphatic carbocycles. The number of hydrogen-bond donors (Lipinski definition) is 2. The normalized spacial score (nSPS) is 37.9. The molecule has 3 amide bonds. The topological polar surface area (TPSA) is 83.1 Å². The van der Waals surface area contributed by atoms with Gasteiger partial charge in [0.05, 0.1) is 13.2 Å². The van der Waals surface area contributed by atoms with Gasteiger partial charge in [-0.25, -0.2) is 4.79 Å². The van der Waals surface area contributed by atoms with Crippen molar-refractivity contribution in [3.8, 4) is 0 Å². The van der Waals surface area contributed by atoms with Gasteiger partial charge in [-0.3, -0.25) is 8.98 Å². The summed E-state index contributed by atoms with van der Waals surface area (Å²) in [6.45, 7) is 2.50. The van der Waals surface area contributed by atoms with Gasteiger partial charge in [-0.05, 0) is 50.6 Å².